The van der Waals surface area contributed by atoms with Gasteiger partial charge in [-0.15, -0.1) is 0 Å². The fraction of sp³-hybridized carbons (Fsp3) is 0.905. The maximum Gasteiger partial charge on any atom is 0.239 e. The van der Waals surface area contributed by atoms with Gasteiger partial charge in [0.25, 0.3) is 0 Å². The van der Waals surface area contributed by atoms with Crippen molar-refractivity contribution in [2.24, 2.45) is 11.8 Å². The van der Waals surface area contributed by atoms with Crippen molar-refractivity contribution >= 4 is 11.8 Å². The zero-order valence-corrected chi connectivity index (χ0v) is 16.1. The summed E-state index contributed by atoms with van der Waals surface area (Å²) in [5.41, 5.74) is 0. The van der Waals surface area contributed by atoms with Crippen LogP contribution in [0.15, 0.2) is 0 Å². The van der Waals surface area contributed by atoms with E-state index in [9.17, 15) is 9.59 Å². The molecule has 0 aromatic heterocycles. The number of hydrogen-bond acceptors (Lipinski definition) is 3. The van der Waals surface area contributed by atoms with E-state index >= 15 is 0 Å². The molecule has 5 nitrogen and oxygen atoms in total. The molecular formula is C21H35N3O2. The molecular weight excluding hydrogens is 326 g/mol. The predicted molar refractivity (Wildman–Crippen MR) is 102 cm³/mol. The smallest absolute Gasteiger partial charge is 0.239 e. The molecule has 3 unspecified atom stereocenters. The highest BCUT2D eigenvalue weighted by atomic mass is 16.2. The largest absolute Gasteiger partial charge is 0.341 e. The lowest BCUT2D eigenvalue weighted by atomic mass is 9.85. The van der Waals surface area contributed by atoms with Crippen molar-refractivity contribution in [3.8, 4) is 0 Å². The molecule has 2 amide bonds. The van der Waals surface area contributed by atoms with Crippen LogP contribution in [0.5, 0.6) is 0 Å². The van der Waals surface area contributed by atoms with E-state index in [4.69, 9.17) is 0 Å². The van der Waals surface area contributed by atoms with Gasteiger partial charge in [-0.2, -0.15) is 0 Å². The van der Waals surface area contributed by atoms with E-state index in [0.717, 1.165) is 38.9 Å². The van der Waals surface area contributed by atoms with Gasteiger partial charge in [0, 0.05) is 38.6 Å². The van der Waals surface area contributed by atoms with Gasteiger partial charge in [0.15, 0.2) is 0 Å². The van der Waals surface area contributed by atoms with E-state index in [1.165, 1.54) is 51.4 Å². The number of nitrogens with zero attached hydrogens (tertiary/aromatic N) is 2. The van der Waals surface area contributed by atoms with Crippen molar-refractivity contribution in [3.63, 3.8) is 0 Å². The van der Waals surface area contributed by atoms with Crippen molar-refractivity contribution in [1.82, 2.24) is 15.1 Å². The molecule has 3 atom stereocenters. The average molecular weight is 362 g/mol. The monoisotopic (exact) mass is 361 g/mol. The van der Waals surface area contributed by atoms with Crippen LogP contribution in [0.3, 0.4) is 0 Å². The second-order valence-corrected chi connectivity index (χ2v) is 9.02. The lowest BCUT2D eigenvalue weighted by molar-refractivity contribution is -0.135. The van der Waals surface area contributed by atoms with Crippen molar-refractivity contribution in [3.05, 3.63) is 0 Å². The molecule has 0 bridgehead atoms. The van der Waals surface area contributed by atoms with E-state index in [2.05, 4.69) is 5.32 Å². The summed E-state index contributed by atoms with van der Waals surface area (Å²) in [6.07, 6.45) is 12.8. The Morgan fingerprint density at radius 2 is 1.50 bits per heavy atom. The number of carbonyl (C=O) groups is 2. The van der Waals surface area contributed by atoms with Crippen LogP contribution in [0.25, 0.3) is 0 Å². The van der Waals surface area contributed by atoms with Crippen LogP contribution in [-0.4, -0.2) is 59.9 Å². The predicted octanol–water partition coefficient (Wildman–Crippen LogP) is 2.55. The summed E-state index contributed by atoms with van der Waals surface area (Å²) < 4.78 is 0. The van der Waals surface area contributed by atoms with Crippen LogP contribution >= 0.6 is 0 Å². The van der Waals surface area contributed by atoms with Gasteiger partial charge in [-0.3, -0.25) is 9.59 Å². The van der Waals surface area contributed by atoms with E-state index in [1.807, 2.05) is 9.80 Å². The third-order valence-electron chi connectivity index (χ3n) is 7.26. The molecule has 146 valence electrons. The number of carbonyl (C=O) groups excluding carboxylic acids is 2. The minimum Gasteiger partial charge on any atom is -0.341 e. The Kier molecular flexibility index (Phi) is 5.82. The van der Waals surface area contributed by atoms with Crippen LogP contribution in [0, 0.1) is 11.8 Å². The van der Waals surface area contributed by atoms with Gasteiger partial charge < -0.3 is 15.1 Å². The highest BCUT2D eigenvalue weighted by molar-refractivity contribution is 5.82. The second-order valence-electron chi connectivity index (χ2n) is 9.02. The minimum absolute atomic E-state index is 0.0174. The first-order chi connectivity index (χ1) is 12.7. The van der Waals surface area contributed by atoms with Gasteiger partial charge in [-0.1, -0.05) is 25.7 Å². The Morgan fingerprint density at radius 1 is 0.808 bits per heavy atom. The van der Waals surface area contributed by atoms with Gasteiger partial charge in [-0.05, 0) is 50.4 Å². The molecule has 26 heavy (non-hydrogen) atoms. The Bertz CT molecular complexity index is 503. The van der Waals surface area contributed by atoms with Crippen molar-refractivity contribution in [1.29, 1.82) is 0 Å². The standard InChI is InChI=1S/C21H35N3O2/c25-20(14-16-6-1-2-7-16)23-10-5-11-24(13-12-23)21(26)19-15-17-8-3-4-9-18(17)22-19/h16-19,22H,1-15H2. The summed E-state index contributed by atoms with van der Waals surface area (Å²) in [4.78, 5) is 29.7. The summed E-state index contributed by atoms with van der Waals surface area (Å²) in [7, 11) is 0. The molecule has 0 aromatic rings. The highest BCUT2D eigenvalue weighted by Gasteiger charge is 2.40. The SMILES string of the molecule is O=C(CC1CCCC1)N1CCCN(C(=O)C2CC3CCCCC3N2)CC1. The fourth-order valence-electron chi connectivity index (χ4n) is 5.71. The molecule has 2 aliphatic carbocycles. The molecule has 2 saturated carbocycles. The topological polar surface area (TPSA) is 52.7 Å². The molecule has 2 aliphatic heterocycles. The third-order valence-corrected chi connectivity index (χ3v) is 7.26. The van der Waals surface area contributed by atoms with Crippen LogP contribution in [0.4, 0.5) is 0 Å². The Labute approximate surface area is 157 Å². The zero-order chi connectivity index (χ0) is 17.9. The van der Waals surface area contributed by atoms with E-state index in [0.29, 0.717) is 30.3 Å². The van der Waals surface area contributed by atoms with Gasteiger partial charge in [0.2, 0.25) is 11.8 Å². The molecule has 2 saturated heterocycles. The number of rotatable bonds is 3. The van der Waals surface area contributed by atoms with E-state index < -0.39 is 0 Å². The summed E-state index contributed by atoms with van der Waals surface area (Å²) >= 11 is 0. The van der Waals surface area contributed by atoms with E-state index in [-0.39, 0.29) is 11.9 Å². The molecule has 4 fully saturated rings. The zero-order valence-electron chi connectivity index (χ0n) is 16.1. The van der Waals surface area contributed by atoms with Crippen LogP contribution in [0.1, 0.15) is 70.6 Å². The second kappa shape index (κ2) is 8.28. The van der Waals surface area contributed by atoms with Crippen LogP contribution in [0.2, 0.25) is 0 Å². The summed E-state index contributed by atoms with van der Waals surface area (Å²) in [6, 6.07) is 0.581. The lowest BCUT2D eigenvalue weighted by Crippen LogP contribution is -2.47. The summed E-state index contributed by atoms with van der Waals surface area (Å²) in [6.45, 7) is 3.05. The minimum atomic E-state index is 0.0174. The molecule has 4 rings (SSSR count). The maximum atomic E-state index is 13.0. The maximum absolute atomic E-state index is 13.0. The number of hydrogen-bond donors (Lipinski definition) is 1. The first-order valence-electron chi connectivity index (χ1n) is 11.0. The Morgan fingerprint density at radius 3 is 2.31 bits per heavy atom. The van der Waals surface area contributed by atoms with E-state index in [1.54, 1.807) is 0 Å². The van der Waals surface area contributed by atoms with Gasteiger partial charge in [0.05, 0.1) is 6.04 Å². The summed E-state index contributed by atoms with van der Waals surface area (Å²) in [5.74, 6) is 1.91. The molecule has 0 aromatic carbocycles. The molecule has 0 radical (unpaired) electrons. The molecule has 5 heteroatoms. The first-order valence-corrected chi connectivity index (χ1v) is 11.0. The van der Waals surface area contributed by atoms with Gasteiger partial charge in [-0.25, -0.2) is 0 Å². The quantitative estimate of drug-likeness (QED) is 0.840. The highest BCUT2D eigenvalue weighted by Crippen LogP contribution is 2.34. The molecule has 2 heterocycles. The van der Waals surface area contributed by atoms with Crippen molar-refractivity contribution < 1.29 is 9.59 Å². The van der Waals surface area contributed by atoms with Gasteiger partial charge in [0.1, 0.15) is 0 Å². The van der Waals surface area contributed by atoms with Crippen molar-refractivity contribution in [2.75, 3.05) is 26.2 Å². The molecule has 0 spiro atoms. The Hall–Kier alpha value is -1.10. The third kappa shape index (κ3) is 4.08. The lowest BCUT2D eigenvalue weighted by Gasteiger charge is -2.26. The Balaban J connectivity index is 1.27. The number of amides is 2. The molecule has 4 aliphatic rings. The average Bonchev–Trinajstić information content (AvgIpc) is 3.24. The van der Waals surface area contributed by atoms with Gasteiger partial charge >= 0.3 is 0 Å². The number of fused-ring (bicyclic) bond motifs is 1. The van der Waals surface area contributed by atoms with Crippen molar-refractivity contribution in [2.45, 2.75) is 82.7 Å². The fourth-order valence-corrected chi connectivity index (χ4v) is 5.71. The summed E-state index contributed by atoms with van der Waals surface area (Å²) in [5, 5.41) is 3.62. The normalized spacial score (nSPS) is 33.2. The van der Waals surface area contributed by atoms with Crippen LogP contribution < -0.4 is 5.32 Å². The molecule has 1 N–H and O–H groups in total. The van der Waals surface area contributed by atoms with Crippen LogP contribution in [-0.2, 0) is 9.59 Å². The number of nitrogens with one attached hydrogen (secondary N) is 1. The first kappa shape index (κ1) is 18.3.